The molecule has 0 saturated carbocycles. The molecule has 0 atom stereocenters. The zero-order valence-corrected chi connectivity index (χ0v) is 11.7. The molecule has 0 unspecified atom stereocenters. The van der Waals surface area contributed by atoms with Crippen molar-refractivity contribution < 1.29 is 14.4 Å². The van der Waals surface area contributed by atoms with Crippen LogP contribution in [0.4, 0.5) is 5.69 Å². The molecule has 2 N–H and O–H groups in total. The molecule has 1 fully saturated rings. The van der Waals surface area contributed by atoms with Crippen molar-refractivity contribution in [3.8, 4) is 5.75 Å². The molecule has 1 aromatic rings. The van der Waals surface area contributed by atoms with E-state index < -0.39 is 0 Å². The Bertz CT molecular complexity index is 426. The van der Waals surface area contributed by atoms with Gasteiger partial charge in [-0.15, -0.1) is 0 Å². The van der Waals surface area contributed by atoms with Crippen molar-refractivity contribution >= 4 is 11.6 Å². The van der Waals surface area contributed by atoms with E-state index in [0.29, 0.717) is 6.54 Å². The summed E-state index contributed by atoms with van der Waals surface area (Å²) in [6.07, 6.45) is 2.45. The summed E-state index contributed by atoms with van der Waals surface area (Å²) >= 11 is 0. The highest BCUT2D eigenvalue weighted by molar-refractivity contribution is 5.91. The lowest BCUT2D eigenvalue weighted by atomic mass is 9.99. The van der Waals surface area contributed by atoms with E-state index in [1.165, 1.54) is 17.7 Å². The average Bonchev–Trinajstić information content (AvgIpc) is 2.41. The number of ether oxygens (including phenoxy) is 1. The lowest BCUT2D eigenvalue weighted by molar-refractivity contribution is -0.897. The Morgan fingerprint density at radius 1 is 1.42 bits per heavy atom. The highest BCUT2D eigenvalue weighted by Crippen LogP contribution is 2.16. The van der Waals surface area contributed by atoms with Gasteiger partial charge in [-0.05, 0) is 30.9 Å². The van der Waals surface area contributed by atoms with E-state index in [1.54, 1.807) is 7.11 Å². The van der Waals surface area contributed by atoms with Gasteiger partial charge >= 0.3 is 0 Å². The van der Waals surface area contributed by atoms with E-state index in [2.05, 4.69) is 12.2 Å². The number of piperidine rings is 1. The van der Waals surface area contributed by atoms with Crippen LogP contribution < -0.4 is 15.0 Å². The molecule has 4 heteroatoms. The van der Waals surface area contributed by atoms with Gasteiger partial charge in [0.15, 0.2) is 6.54 Å². The predicted octanol–water partition coefficient (Wildman–Crippen LogP) is 0.948. The van der Waals surface area contributed by atoms with Gasteiger partial charge < -0.3 is 15.0 Å². The molecule has 1 heterocycles. The highest BCUT2D eigenvalue weighted by Gasteiger charge is 2.21. The fourth-order valence-electron chi connectivity index (χ4n) is 2.48. The molecule has 1 amide bonds. The molecule has 4 nitrogen and oxygen atoms in total. The minimum atomic E-state index is 0.0813. The van der Waals surface area contributed by atoms with Crippen LogP contribution in [0.5, 0.6) is 5.75 Å². The first-order chi connectivity index (χ1) is 9.17. The Kier molecular flexibility index (Phi) is 4.80. The third-order valence-corrected chi connectivity index (χ3v) is 3.75. The van der Waals surface area contributed by atoms with E-state index in [-0.39, 0.29) is 5.91 Å². The second-order valence-electron chi connectivity index (χ2n) is 5.39. The molecule has 104 valence electrons. The van der Waals surface area contributed by atoms with Crippen molar-refractivity contribution in [2.75, 3.05) is 32.1 Å². The van der Waals surface area contributed by atoms with Crippen LogP contribution in [0.1, 0.15) is 19.8 Å². The Balaban J connectivity index is 1.83. The molecule has 1 aliphatic rings. The number of carbonyl (C=O) groups is 1. The van der Waals surface area contributed by atoms with Gasteiger partial charge in [0.1, 0.15) is 5.75 Å². The summed E-state index contributed by atoms with van der Waals surface area (Å²) in [5.74, 6) is 1.65. The topological polar surface area (TPSA) is 42.8 Å². The number of likely N-dealkylation sites (tertiary alicyclic amines) is 1. The maximum atomic E-state index is 12.0. The molecule has 1 aliphatic heterocycles. The molecule has 1 saturated heterocycles. The number of hydrogen-bond donors (Lipinski definition) is 2. The maximum Gasteiger partial charge on any atom is 0.279 e. The zero-order valence-electron chi connectivity index (χ0n) is 11.7. The van der Waals surface area contributed by atoms with Crippen LogP contribution in [0.2, 0.25) is 0 Å². The molecule has 0 spiro atoms. The Morgan fingerprint density at radius 2 is 2.16 bits per heavy atom. The third kappa shape index (κ3) is 4.24. The summed E-state index contributed by atoms with van der Waals surface area (Å²) in [6, 6.07) is 7.47. The fraction of sp³-hybridized carbons (Fsp3) is 0.533. The van der Waals surface area contributed by atoms with Crippen LogP contribution in [0, 0.1) is 5.92 Å². The summed E-state index contributed by atoms with van der Waals surface area (Å²) in [7, 11) is 1.62. The maximum absolute atomic E-state index is 12.0. The van der Waals surface area contributed by atoms with E-state index in [1.807, 2.05) is 24.3 Å². The van der Waals surface area contributed by atoms with Crippen molar-refractivity contribution in [2.45, 2.75) is 19.8 Å². The van der Waals surface area contributed by atoms with Crippen molar-refractivity contribution in [1.82, 2.24) is 0 Å². The third-order valence-electron chi connectivity index (χ3n) is 3.75. The minimum Gasteiger partial charge on any atom is -0.497 e. The number of carbonyl (C=O) groups excluding carboxylic acids is 1. The summed E-state index contributed by atoms with van der Waals surface area (Å²) in [6.45, 7) is 5.05. The van der Waals surface area contributed by atoms with Gasteiger partial charge in [-0.25, -0.2) is 0 Å². The first kappa shape index (κ1) is 13.9. The van der Waals surface area contributed by atoms with Crippen LogP contribution in [0.15, 0.2) is 24.3 Å². The van der Waals surface area contributed by atoms with Gasteiger partial charge in [0, 0.05) is 11.8 Å². The van der Waals surface area contributed by atoms with Crippen LogP contribution in [-0.2, 0) is 4.79 Å². The quantitative estimate of drug-likeness (QED) is 0.849. The Hall–Kier alpha value is -1.55. The molecular formula is C15H23N2O2+. The number of nitrogens with one attached hydrogen (secondary N) is 2. The van der Waals surface area contributed by atoms with Gasteiger partial charge in [0.2, 0.25) is 0 Å². The largest absolute Gasteiger partial charge is 0.497 e. The van der Waals surface area contributed by atoms with Gasteiger partial charge in [-0.3, -0.25) is 4.79 Å². The standard InChI is InChI=1S/C15H22N2O2/c1-12-6-8-17(9-7-12)11-15(18)16-13-4-3-5-14(10-13)19-2/h3-5,10,12H,6-9,11H2,1-2H3,(H,16,18)/p+1. The second-order valence-corrected chi connectivity index (χ2v) is 5.39. The zero-order chi connectivity index (χ0) is 13.7. The number of amides is 1. The molecule has 2 rings (SSSR count). The van der Waals surface area contributed by atoms with Crippen LogP contribution >= 0.6 is 0 Å². The molecule has 0 radical (unpaired) electrons. The first-order valence-electron chi connectivity index (χ1n) is 6.95. The Labute approximate surface area is 114 Å². The fourth-order valence-corrected chi connectivity index (χ4v) is 2.48. The van der Waals surface area contributed by atoms with E-state index in [0.717, 1.165) is 30.4 Å². The van der Waals surface area contributed by atoms with Crippen LogP contribution in [0.25, 0.3) is 0 Å². The smallest absolute Gasteiger partial charge is 0.279 e. The molecule has 19 heavy (non-hydrogen) atoms. The Morgan fingerprint density at radius 3 is 2.84 bits per heavy atom. The van der Waals surface area contributed by atoms with Gasteiger partial charge in [-0.1, -0.05) is 13.0 Å². The predicted molar refractivity (Wildman–Crippen MR) is 75.6 cm³/mol. The summed E-state index contributed by atoms with van der Waals surface area (Å²) in [5.41, 5.74) is 0.800. The van der Waals surface area contributed by atoms with Gasteiger partial charge in [0.25, 0.3) is 5.91 Å². The van der Waals surface area contributed by atoms with Crippen molar-refractivity contribution in [2.24, 2.45) is 5.92 Å². The molecule has 0 bridgehead atoms. The highest BCUT2D eigenvalue weighted by atomic mass is 16.5. The molecule has 0 aromatic heterocycles. The SMILES string of the molecule is COc1cccc(NC(=O)C[NH+]2CCC(C)CC2)c1. The lowest BCUT2D eigenvalue weighted by Gasteiger charge is -2.26. The van der Waals surface area contributed by atoms with Crippen molar-refractivity contribution in [1.29, 1.82) is 0 Å². The van der Waals surface area contributed by atoms with Crippen LogP contribution in [0.3, 0.4) is 0 Å². The minimum absolute atomic E-state index is 0.0813. The van der Waals surface area contributed by atoms with Gasteiger partial charge in [0.05, 0.1) is 20.2 Å². The number of methoxy groups -OCH3 is 1. The summed E-state index contributed by atoms with van der Waals surface area (Å²) in [5, 5.41) is 2.94. The number of hydrogen-bond acceptors (Lipinski definition) is 2. The normalized spacial score (nSPS) is 22.8. The summed E-state index contributed by atoms with van der Waals surface area (Å²) in [4.78, 5) is 13.4. The van der Waals surface area contributed by atoms with E-state index in [9.17, 15) is 4.79 Å². The monoisotopic (exact) mass is 263 g/mol. The first-order valence-corrected chi connectivity index (χ1v) is 6.95. The number of benzene rings is 1. The van der Waals surface area contributed by atoms with E-state index in [4.69, 9.17) is 4.74 Å². The summed E-state index contributed by atoms with van der Waals surface area (Å²) < 4.78 is 5.14. The van der Waals surface area contributed by atoms with E-state index >= 15 is 0 Å². The molecule has 1 aromatic carbocycles. The second kappa shape index (κ2) is 6.57. The molecular weight excluding hydrogens is 240 g/mol. The number of rotatable bonds is 4. The van der Waals surface area contributed by atoms with Crippen molar-refractivity contribution in [3.05, 3.63) is 24.3 Å². The van der Waals surface area contributed by atoms with Crippen LogP contribution in [-0.4, -0.2) is 32.7 Å². The number of quaternary nitrogens is 1. The average molecular weight is 263 g/mol. The number of anilines is 1. The van der Waals surface area contributed by atoms with Crippen molar-refractivity contribution in [3.63, 3.8) is 0 Å². The lowest BCUT2D eigenvalue weighted by Crippen LogP contribution is -3.14. The molecule has 0 aliphatic carbocycles. The van der Waals surface area contributed by atoms with Gasteiger partial charge in [-0.2, -0.15) is 0 Å².